The summed E-state index contributed by atoms with van der Waals surface area (Å²) >= 11 is 16.8. The van der Waals surface area contributed by atoms with E-state index in [-0.39, 0.29) is 26.3 Å². The van der Waals surface area contributed by atoms with E-state index in [1.165, 1.54) is 0 Å². The molecule has 0 saturated carbocycles. The highest BCUT2D eigenvalue weighted by Gasteiger charge is 2.16. The van der Waals surface area contributed by atoms with Crippen molar-refractivity contribution >= 4 is 46.5 Å². The second-order valence-electron chi connectivity index (χ2n) is 2.25. The first-order valence-corrected chi connectivity index (χ1v) is 4.24. The van der Waals surface area contributed by atoms with Gasteiger partial charge >= 0.3 is 5.97 Å². The molecule has 3 N–H and O–H groups in total. The van der Waals surface area contributed by atoms with Crippen molar-refractivity contribution in [2.45, 2.75) is 0 Å². The van der Waals surface area contributed by atoms with Gasteiger partial charge in [0.05, 0.1) is 26.3 Å². The predicted octanol–water partition coefficient (Wildman–Crippen LogP) is 2.93. The van der Waals surface area contributed by atoms with Crippen LogP contribution in [0.25, 0.3) is 0 Å². The molecule has 1 aromatic rings. The van der Waals surface area contributed by atoms with Crippen molar-refractivity contribution in [2.75, 3.05) is 5.73 Å². The first kappa shape index (κ1) is 10.4. The van der Waals surface area contributed by atoms with E-state index in [4.69, 9.17) is 45.6 Å². The van der Waals surface area contributed by atoms with Gasteiger partial charge < -0.3 is 10.8 Å². The van der Waals surface area contributed by atoms with Crippen molar-refractivity contribution in [2.24, 2.45) is 0 Å². The van der Waals surface area contributed by atoms with Crippen LogP contribution in [0.4, 0.5) is 5.69 Å². The van der Waals surface area contributed by atoms with Crippen LogP contribution in [0.2, 0.25) is 15.1 Å². The van der Waals surface area contributed by atoms with Gasteiger partial charge in [-0.25, -0.2) is 4.79 Å². The molecule has 0 fully saturated rings. The monoisotopic (exact) mass is 239 g/mol. The molecule has 1 rings (SSSR count). The lowest BCUT2D eigenvalue weighted by Gasteiger charge is -2.06. The summed E-state index contributed by atoms with van der Waals surface area (Å²) in [6, 6.07) is 1.16. The maximum absolute atomic E-state index is 10.6. The molecule has 0 aliphatic carbocycles. The standard InChI is InChI=1S/C7H4Cl3NO2/c8-3-1-2(7(12)13)4(9)6(11)5(3)10/h1H,11H2,(H,12,13). The number of carboxylic acids is 1. The molecule has 0 spiro atoms. The zero-order valence-corrected chi connectivity index (χ0v) is 8.41. The maximum Gasteiger partial charge on any atom is 0.337 e. The average molecular weight is 240 g/mol. The molecule has 0 radical (unpaired) electrons. The number of halogens is 3. The third-order valence-electron chi connectivity index (χ3n) is 1.42. The molecule has 0 aliphatic rings. The molecule has 1 aromatic carbocycles. The quantitative estimate of drug-likeness (QED) is 0.586. The van der Waals surface area contributed by atoms with Crippen LogP contribution in [0.3, 0.4) is 0 Å². The summed E-state index contributed by atoms with van der Waals surface area (Å²) in [5, 5.41) is 8.70. The number of anilines is 1. The van der Waals surface area contributed by atoms with Crippen LogP contribution in [-0.2, 0) is 0 Å². The lowest BCUT2D eigenvalue weighted by Crippen LogP contribution is -2.01. The Balaban J connectivity index is 3.50. The fourth-order valence-electron chi connectivity index (χ4n) is 0.779. The van der Waals surface area contributed by atoms with Crippen LogP contribution in [-0.4, -0.2) is 11.1 Å². The molecule has 0 aliphatic heterocycles. The largest absolute Gasteiger partial charge is 0.478 e. The number of hydrogen-bond acceptors (Lipinski definition) is 2. The minimum absolute atomic E-state index is 0.0202. The van der Waals surface area contributed by atoms with Gasteiger partial charge in [0.25, 0.3) is 0 Å². The molecule has 0 amide bonds. The van der Waals surface area contributed by atoms with Gasteiger partial charge in [-0.1, -0.05) is 34.8 Å². The lowest BCUT2D eigenvalue weighted by molar-refractivity contribution is 0.0697. The number of benzene rings is 1. The Kier molecular flexibility index (Phi) is 2.91. The van der Waals surface area contributed by atoms with E-state index in [9.17, 15) is 4.79 Å². The second-order valence-corrected chi connectivity index (χ2v) is 3.42. The molecule has 0 aromatic heterocycles. The molecule has 0 unspecified atom stereocenters. The highest BCUT2D eigenvalue weighted by molar-refractivity contribution is 6.46. The number of carbonyl (C=O) groups is 1. The molecule has 0 bridgehead atoms. The van der Waals surface area contributed by atoms with Gasteiger partial charge in [0.1, 0.15) is 0 Å². The van der Waals surface area contributed by atoms with Gasteiger partial charge in [-0.05, 0) is 6.07 Å². The van der Waals surface area contributed by atoms with Crippen LogP contribution in [0.15, 0.2) is 6.07 Å². The van der Waals surface area contributed by atoms with Crippen molar-refractivity contribution in [1.82, 2.24) is 0 Å². The minimum atomic E-state index is -1.20. The highest BCUT2D eigenvalue weighted by Crippen LogP contribution is 2.36. The van der Waals surface area contributed by atoms with Crippen molar-refractivity contribution in [3.8, 4) is 0 Å². The third kappa shape index (κ3) is 1.82. The number of carboxylic acid groups (broad SMARTS) is 1. The van der Waals surface area contributed by atoms with Crippen molar-refractivity contribution in [1.29, 1.82) is 0 Å². The van der Waals surface area contributed by atoms with E-state index in [1.54, 1.807) is 0 Å². The van der Waals surface area contributed by atoms with E-state index in [2.05, 4.69) is 0 Å². The van der Waals surface area contributed by atoms with E-state index in [0.717, 1.165) is 6.07 Å². The molecule has 0 atom stereocenters. The Hall–Kier alpha value is -0.640. The first-order valence-electron chi connectivity index (χ1n) is 3.11. The van der Waals surface area contributed by atoms with E-state index in [0.29, 0.717) is 0 Å². The highest BCUT2D eigenvalue weighted by atomic mass is 35.5. The Labute approximate surface area is 89.0 Å². The molecule has 13 heavy (non-hydrogen) atoms. The van der Waals surface area contributed by atoms with Crippen LogP contribution in [0.5, 0.6) is 0 Å². The molecule has 0 heterocycles. The average Bonchev–Trinajstić information content (AvgIpc) is 2.07. The number of aromatic carboxylic acids is 1. The third-order valence-corrected chi connectivity index (χ3v) is 2.63. The molecule has 3 nitrogen and oxygen atoms in total. The number of rotatable bonds is 1. The van der Waals surface area contributed by atoms with Crippen molar-refractivity contribution < 1.29 is 9.90 Å². The molecular weight excluding hydrogens is 236 g/mol. The van der Waals surface area contributed by atoms with Gasteiger partial charge in [-0.3, -0.25) is 0 Å². The SMILES string of the molecule is Nc1c(Cl)c(Cl)cc(C(=O)O)c1Cl. The number of nitrogens with two attached hydrogens (primary N) is 1. The van der Waals surface area contributed by atoms with E-state index in [1.807, 2.05) is 0 Å². The summed E-state index contributed by atoms with van der Waals surface area (Å²) in [6.07, 6.45) is 0. The van der Waals surface area contributed by atoms with Crippen LogP contribution >= 0.6 is 34.8 Å². The van der Waals surface area contributed by atoms with Gasteiger partial charge in [-0.15, -0.1) is 0 Å². The van der Waals surface area contributed by atoms with Gasteiger partial charge in [0.15, 0.2) is 0 Å². The zero-order chi connectivity index (χ0) is 10.2. The normalized spacial score (nSPS) is 10.1. The summed E-state index contributed by atoms with van der Waals surface area (Å²) < 4.78 is 0. The van der Waals surface area contributed by atoms with E-state index < -0.39 is 5.97 Å². The van der Waals surface area contributed by atoms with Gasteiger partial charge in [-0.2, -0.15) is 0 Å². The fraction of sp³-hybridized carbons (Fsp3) is 0. The zero-order valence-electron chi connectivity index (χ0n) is 6.14. The van der Waals surface area contributed by atoms with Crippen LogP contribution in [0.1, 0.15) is 10.4 Å². The molecule has 0 saturated heterocycles. The molecule has 6 heteroatoms. The van der Waals surface area contributed by atoms with Gasteiger partial charge in [0.2, 0.25) is 0 Å². The van der Waals surface area contributed by atoms with Crippen molar-refractivity contribution in [3.63, 3.8) is 0 Å². The number of nitrogen functional groups attached to an aromatic ring is 1. The van der Waals surface area contributed by atoms with Crippen molar-refractivity contribution in [3.05, 3.63) is 26.7 Å². The molecule has 70 valence electrons. The summed E-state index contributed by atoms with van der Waals surface area (Å²) in [5.41, 5.74) is 5.23. The lowest BCUT2D eigenvalue weighted by atomic mass is 10.2. The Bertz CT molecular complexity index is 378. The smallest absolute Gasteiger partial charge is 0.337 e. The Morgan fingerprint density at radius 1 is 1.31 bits per heavy atom. The number of hydrogen-bond donors (Lipinski definition) is 2. The fourth-order valence-corrected chi connectivity index (χ4v) is 1.42. The summed E-state index contributed by atoms with van der Waals surface area (Å²) in [6.45, 7) is 0. The van der Waals surface area contributed by atoms with Crippen LogP contribution in [0, 0.1) is 0 Å². The van der Waals surface area contributed by atoms with E-state index >= 15 is 0 Å². The Morgan fingerprint density at radius 3 is 2.31 bits per heavy atom. The summed E-state index contributed by atoms with van der Waals surface area (Å²) in [4.78, 5) is 10.6. The topological polar surface area (TPSA) is 63.3 Å². The second kappa shape index (κ2) is 3.62. The molecular formula is C7H4Cl3NO2. The first-order chi connectivity index (χ1) is 5.95. The van der Waals surface area contributed by atoms with Gasteiger partial charge in [0, 0.05) is 0 Å². The predicted molar refractivity (Wildman–Crippen MR) is 52.8 cm³/mol. The minimum Gasteiger partial charge on any atom is -0.478 e. The summed E-state index contributed by atoms with van der Waals surface area (Å²) in [7, 11) is 0. The maximum atomic E-state index is 10.6. The van der Waals surface area contributed by atoms with Crippen LogP contribution < -0.4 is 5.73 Å². The Morgan fingerprint density at radius 2 is 1.85 bits per heavy atom. The summed E-state index contributed by atoms with van der Waals surface area (Å²) in [5.74, 6) is -1.20.